The van der Waals surface area contributed by atoms with Crippen LogP contribution in [0.1, 0.15) is 74.1 Å². The number of carbonyl (C=O) groups is 1. The third kappa shape index (κ3) is 7.65. The van der Waals surface area contributed by atoms with E-state index < -0.39 is 22.7 Å². The van der Waals surface area contributed by atoms with Gasteiger partial charge >= 0.3 is 0 Å². The van der Waals surface area contributed by atoms with Gasteiger partial charge in [0, 0.05) is 0 Å². The van der Waals surface area contributed by atoms with Gasteiger partial charge in [0.15, 0.2) is 16.6 Å². The molecule has 0 aromatic carbocycles. The van der Waals surface area contributed by atoms with Gasteiger partial charge in [-0.15, -0.1) is 0 Å². The number of unbranched alkanes of at least 4 members (excludes halogenated alkanes) is 2. The molecule has 0 heterocycles. The third-order valence-corrected chi connectivity index (χ3v) is 15.1. The fraction of sp³-hybridized carbons (Fsp3) is 0.950. The van der Waals surface area contributed by atoms with Crippen molar-refractivity contribution in [3.63, 3.8) is 0 Å². The molecule has 0 fully saturated rings. The summed E-state index contributed by atoms with van der Waals surface area (Å²) >= 11 is 0. The van der Waals surface area contributed by atoms with Crippen LogP contribution in [-0.2, 0) is 13.6 Å². The molecule has 0 bridgehead atoms. The molecule has 0 N–H and O–H groups in total. The second-order valence-electron chi connectivity index (χ2n) is 10.4. The van der Waals surface area contributed by atoms with Crippen molar-refractivity contribution in [2.75, 3.05) is 0 Å². The minimum atomic E-state index is -2.02. The molecule has 25 heavy (non-hydrogen) atoms. The van der Waals surface area contributed by atoms with Crippen LogP contribution in [0.3, 0.4) is 0 Å². The first-order valence-electron chi connectivity index (χ1n) is 9.90. The van der Waals surface area contributed by atoms with Gasteiger partial charge in [-0.05, 0) is 42.7 Å². The fourth-order valence-electron chi connectivity index (χ4n) is 2.15. The summed E-state index contributed by atoms with van der Waals surface area (Å²) in [5, 5.41) is 0.208. The Labute approximate surface area is 159 Å². The molecule has 0 aromatic rings. The van der Waals surface area contributed by atoms with Crippen LogP contribution in [0.15, 0.2) is 0 Å². The van der Waals surface area contributed by atoms with Crippen LogP contribution < -0.4 is 0 Å². The molecule has 0 spiro atoms. The van der Waals surface area contributed by atoms with Gasteiger partial charge in [0.2, 0.25) is 0 Å². The average molecular weight is 389 g/mol. The van der Waals surface area contributed by atoms with E-state index in [1.165, 1.54) is 12.8 Å². The highest BCUT2D eigenvalue weighted by molar-refractivity contribution is 6.74. The number of aldehydes is 1. The SMILES string of the molecule is CCCCC[C@H](O[Si](C)(C)C(C)(C)C)[C@H](C=O)O[Si](C)(C)C(C)(C)C. The zero-order chi connectivity index (χ0) is 20.1. The van der Waals surface area contributed by atoms with E-state index in [-0.39, 0.29) is 16.2 Å². The quantitative estimate of drug-likeness (QED) is 0.242. The molecule has 3 nitrogen and oxygen atoms in total. The molecule has 5 heteroatoms. The summed E-state index contributed by atoms with van der Waals surface area (Å²) in [6.07, 6.45) is 4.74. The zero-order valence-corrected chi connectivity index (χ0v) is 20.8. The smallest absolute Gasteiger partial charge is 0.193 e. The maximum absolute atomic E-state index is 12.0. The molecule has 150 valence electrons. The third-order valence-electron chi connectivity index (χ3n) is 6.08. The van der Waals surface area contributed by atoms with Crippen molar-refractivity contribution in [2.45, 2.75) is 123 Å². The van der Waals surface area contributed by atoms with Crippen LogP contribution in [0.4, 0.5) is 0 Å². The summed E-state index contributed by atoms with van der Waals surface area (Å²) in [5.41, 5.74) is 0. The molecule has 0 aliphatic rings. The van der Waals surface area contributed by atoms with E-state index in [0.717, 1.165) is 19.1 Å². The summed E-state index contributed by atoms with van der Waals surface area (Å²) in [7, 11) is -3.97. The van der Waals surface area contributed by atoms with E-state index in [4.69, 9.17) is 8.85 Å². The molecule has 0 saturated heterocycles. The molecule has 0 amide bonds. The van der Waals surface area contributed by atoms with E-state index in [1.807, 2.05) is 0 Å². The summed E-state index contributed by atoms with van der Waals surface area (Å²) < 4.78 is 13.1. The molecule has 0 aromatic heterocycles. The lowest BCUT2D eigenvalue weighted by molar-refractivity contribution is -0.118. The van der Waals surface area contributed by atoms with E-state index in [0.29, 0.717) is 0 Å². The highest BCUT2D eigenvalue weighted by atomic mass is 28.4. The molecule has 0 aliphatic heterocycles. The van der Waals surface area contributed by atoms with Gasteiger partial charge < -0.3 is 13.6 Å². The average Bonchev–Trinajstić information content (AvgIpc) is 2.41. The van der Waals surface area contributed by atoms with Gasteiger partial charge in [0.25, 0.3) is 0 Å². The summed E-state index contributed by atoms with van der Waals surface area (Å²) in [6.45, 7) is 24.5. The molecular formula is C20H44O3Si2. The summed E-state index contributed by atoms with van der Waals surface area (Å²) in [5.74, 6) is 0. The highest BCUT2D eigenvalue weighted by Crippen LogP contribution is 2.40. The monoisotopic (exact) mass is 388 g/mol. The van der Waals surface area contributed by atoms with Crippen LogP contribution in [0.5, 0.6) is 0 Å². The Bertz CT molecular complexity index is 406. The van der Waals surface area contributed by atoms with Crippen molar-refractivity contribution in [3.05, 3.63) is 0 Å². The molecule has 0 saturated carbocycles. The Kier molecular flexibility index (Phi) is 9.30. The standard InChI is InChI=1S/C20H44O3Si2/c1-12-13-14-15-17(22-24(8,9)19(2,3)4)18(16-21)23-25(10,11)20(5,6)7/h16-18H,12-15H2,1-11H3/t17-,18-/m0/s1. The first-order chi connectivity index (χ1) is 11.1. The van der Waals surface area contributed by atoms with Gasteiger partial charge in [0.05, 0.1) is 6.10 Å². The van der Waals surface area contributed by atoms with E-state index in [2.05, 4.69) is 74.7 Å². The van der Waals surface area contributed by atoms with E-state index in [1.54, 1.807) is 0 Å². The van der Waals surface area contributed by atoms with Crippen molar-refractivity contribution in [1.82, 2.24) is 0 Å². The van der Waals surface area contributed by atoms with Crippen molar-refractivity contribution in [1.29, 1.82) is 0 Å². The molecule has 0 unspecified atom stereocenters. The lowest BCUT2D eigenvalue weighted by atomic mass is 10.1. The lowest BCUT2D eigenvalue weighted by Crippen LogP contribution is -2.52. The normalized spacial score (nSPS) is 16.6. The van der Waals surface area contributed by atoms with Crippen LogP contribution >= 0.6 is 0 Å². The van der Waals surface area contributed by atoms with Crippen molar-refractivity contribution in [3.8, 4) is 0 Å². The highest BCUT2D eigenvalue weighted by Gasteiger charge is 2.44. The molecule has 2 atom stereocenters. The maximum atomic E-state index is 12.0. The van der Waals surface area contributed by atoms with Crippen molar-refractivity contribution in [2.24, 2.45) is 0 Å². The van der Waals surface area contributed by atoms with Crippen molar-refractivity contribution < 1.29 is 13.6 Å². The first kappa shape index (κ1) is 25.0. The minimum Gasteiger partial charge on any atom is -0.411 e. The molecular weight excluding hydrogens is 344 g/mol. The van der Waals surface area contributed by atoms with Gasteiger partial charge in [-0.3, -0.25) is 0 Å². The van der Waals surface area contributed by atoms with Crippen LogP contribution in [0, 0.1) is 0 Å². The molecule has 0 radical (unpaired) electrons. The number of hydrogen-bond acceptors (Lipinski definition) is 3. The van der Waals surface area contributed by atoms with Gasteiger partial charge in [0.1, 0.15) is 12.4 Å². The zero-order valence-electron chi connectivity index (χ0n) is 18.8. The Hall–Kier alpha value is 0.0238. The predicted octanol–water partition coefficient (Wildman–Crippen LogP) is 6.55. The van der Waals surface area contributed by atoms with Crippen molar-refractivity contribution >= 4 is 22.9 Å². The Balaban J connectivity index is 5.44. The van der Waals surface area contributed by atoms with Crippen LogP contribution in [0.2, 0.25) is 36.3 Å². The number of rotatable bonds is 10. The fourth-order valence-corrected chi connectivity index (χ4v) is 4.75. The lowest BCUT2D eigenvalue weighted by Gasteiger charge is -2.43. The van der Waals surface area contributed by atoms with E-state index >= 15 is 0 Å². The maximum Gasteiger partial charge on any atom is 0.193 e. The number of carbonyl (C=O) groups excluding carboxylic acids is 1. The first-order valence-corrected chi connectivity index (χ1v) is 15.7. The van der Waals surface area contributed by atoms with Gasteiger partial charge in [-0.2, -0.15) is 0 Å². The van der Waals surface area contributed by atoms with Crippen LogP contribution in [0.25, 0.3) is 0 Å². The second kappa shape index (κ2) is 9.29. The Morgan fingerprint density at radius 1 is 0.840 bits per heavy atom. The number of hydrogen-bond donors (Lipinski definition) is 0. The summed E-state index contributed by atoms with van der Waals surface area (Å²) in [4.78, 5) is 12.0. The Morgan fingerprint density at radius 2 is 1.28 bits per heavy atom. The van der Waals surface area contributed by atoms with Gasteiger partial charge in [-0.25, -0.2) is 0 Å². The summed E-state index contributed by atoms with van der Waals surface area (Å²) in [6, 6.07) is 0. The molecule has 0 rings (SSSR count). The topological polar surface area (TPSA) is 35.5 Å². The molecule has 0 aliphatic carbocycles. The second-order valence-corrected chi connectivity index (χ2v) is 19.9. The largest absolute Gasteiger partial charge is 0.411 e. The van der Waals surface area contributed by atoms with Gasteiger partial charge in [-0.1, -0.05) is 67.7 Å². The Morgan fingerprint density at radius 3 is 1.64 bits per heavy atom. The van der Waals surface area contributed by atoms with E-state index in [9.17, 15) is 4.79 Å². The van der Waals surface area contributed by atoms with Crippen LogP contribution in [-0.4, -0.2) is 35.1 Å². The predicted molar refractivity (Wildman–Crippen MR) is 114 cm³/mol. The minimum absolute atomic E-state index is 0.0825.